The van der Waals surface area contributed by atoms with Gasteiger partial charge in [0.2, 0.25) is 0 Å². The molecule has 0 unspecified atom stereocenters. The van der Waals surface area contributed by atoms with Crippen molar-refractivity contribution in [2.75, 3.05) is 5.06 Å². The number of aryl methyl sites for hydroxylation is 1. The number of hydroxylamine groups is 1. The predicted molar refractivity (Wildman–Crippen MR) is 101 cm³/mol. The second-order valence-corrected chi connectivity index (χ2v) is 6.38. The summed E-state index contributed by atoms with van der Waals surface area (Å²) in [5, 5.41) is 16.9. The largest absolute Gasteiger partial charge is 0.302 e. The van der Waals surface area contributed by atoms with Gasteiger partial charge in [-0.2, -0.15) is 0 Å². The molecule has 8 heteroatoms. The Bertz CT molecular complexity index is 981. The quantitative estimate of drug-likeness (QED) is 0.613. The first-order valence-electron chi connectivity index (χ1n) is 8.40. The average molecular weight is 363 g/mol. The third-order valence-corrected chi connectivity index (χ3v) is 4.30. The third kappa shape index (κ3) is 3.12. The molecular formula is C19H17N5O3. The van der Waals surface area contributed by atoms with Crippen LogP contribution in [0.25, 0.3) is 0 Å². The molecule has 27 heavy (non-hydrogen) atoms. The second-order valence-electron chi connectivity index (χ2n) is 6.38. The molecule has 0 bridgehead atoms. The molecule has 136 valence electrons. The number of pyridine rings is 1. The summed E-state index contributed by atoms with van der Waals surface area (Å²) in [5.74, 6) is 1.12. The van der Waals surface area contributed by atoms with Crippen molar-refractivity contribution < 1.29 is 9.86 Å². The fourth-order valence-corrected chi connectivity index (χ4v) is 2.95. The highest BCUT2D eigenvalue weighted by Crippen LogP contribution is 2.29. The summed E-state index contributed by atoms with van der Waals surface area (Å²) >= 11 is 0. The van der Waals surface area contributed by atoms with Crippen molar-refractivity contribution in [3.63, 3.8) is 0 Å². The first kappa shape index (κ1) is 16.8. The van der Waals surface area contributed by atoms with Crippen LogP contribution in [0.2, 0.25) is 0 Å². The molecule has 2 aliphatic heterocycles. The average Bonchev–Trinajstić information content (AvgIpc) is 2.68. The lowest BCUT2D eigenvalue weighted by atomic mass is 10.1. The fourth-order valence-electron chi connectivity index (χ4n) is 2.95. The number of benzene rings is 1. The van der Waals surface area contributed by atoms with Crippen LogP contribution >= 0.6 is 0 Å². The third-order valence-electron chi connectivity index (χ3n) is 4.30. The van der Waals surface area contributed by atoms with Gasteiger partial charge in [-0.25, -0.2) is 4.98 Å². The van der Waals surface area contributed by atoms with Gasteiger partial charge in [0.15, 0.2) is 17.8 Å². The number of hydrogen-bond donors (Lipinski definition) is 0. The van der Waals surface area contributed by atoms with E-state index in [1.807, 2.05) is 49.2 Å². The molecule has 4 rings (SSSR count). The minimum atomic E-state index is -0.426. The highest BCUT2D eigenvalue weighted by Gasteiger charge is 2.35. The van der Waals surface area contributed by atoms with Crippen LogP contribution in [0, 0.1) is 17.0 Å². The van der Waals surface area contributed by atoms with Crippen molar-refractivity contribution in [1.82, 2.24) is 9.88 Å². The van der Waals surface area contributed by atoms with Gasteiger partial charge in [0, 0.05) is 30.1 Å². The van der Waals surface area contributed by atoms with E-state index in [1.54, 1.807) is 23.4 Å². The zero-order chi connectivity index (χ0) is 19.0. The first-order chi connectivity index (χ1) is 13.0. The van der Waals surface area contributed by atoms with E-state index in [0.717, 1.165) is 11.1 Å². The molecule has 0 saturated carbocycles. The van der Waals surface area contributed by atoms with Crippen molar-refractivity contribution in [1.29, 1.82) is 0 Å². The van der Waals surface area contributed by atoms with Crippen molar-refractivity contribution in [2.24, 2.45) is 5.16 Å². The molecule has 1 atom stereocenters. The Labute approximate surface area is 155 Å². The van der Waals surface area contributed by atoms with E-state index in [0.29, 0.717) is 17.2 Å². The van der Waals surface area contributed by atoms with Gasteiger partial charge in [-0.1, -0.05) is 24.3 Å². The fraction of sp³-hybridized carbons (Fsp3) is 0.158. The van der Waals surface area contributed by atoms with E-state index in [9.17, 15) is 10.1 Å². The molecule has 1 aromatic heterocycles. The number of hydrogen-bond acceptors (Lipinski definition) is 7. The molecule has 0 fully saturated rings. The van der Waals surface area contributed by atoms with E-state index in [2.05, 4.69) is 10.1 Å². The van der Waals surface area contributed by atoms with Gasteiger partial charge in [-0.05, 0) is 42.3 Å². The Morgan fingerprint density at radius 3 is 2.81 bits per heavy atom. The molecule has 2 aliphatic rings. The lowest BCUT2D eigenvalue weighted by Crippen LogP contribution is -2.52. The molecule has 0 radical (unpaired) electrons. The smallest absolute Gasteiger partial charge is 0.270 e. The lowest BCUT2D eigenvalue weighted by Gasteiger charge is -2.40. The topological polar surface area (TPSA) is 84.1 Å². The Morgan fingerprint density at radius 2 is 2.07 bits per heavy atom. The Balaban J connectivity index is 1.76. The number of rotatable bonds is 3. The van der Waals surface area contributed by atoms with Gasteiger partial charge in [-0.15, -0.1) is 5.06 Å². The molecule has 0 saturated heterocycles. The number of nitro groups is 1. The van der Waals surface area contributed by atoms with Crippen LogP contribution in [0.3, 0.4) is 0 Å². The summed E-state index contributed by atoms with van der Waals surface area (Å²) in [6.45, 7) is 3.94. The monoisotopic (exact) mass is 363 g/mol. The molecule has 3 heterocycles. The Hall–Kier alpha value is -3.68. The van der Waals surface area contributed by atoms with E-state index >= 15 is 0 Å². The number of fused-ring (bicyclic) bond motifs is 1. The van der Waals surface area contributed by atoms with Crippen LogP contribution in [0.4, 0.5) is 11.5 Å². The van der Waals surface area contributed by atoms with Gasteiger partial charge in [0.1, 0.15) is 0 Å². The molecule has 0 amide bonds. The van der Waals surface area contributed by atoms with Crippen LogP contribution in [0.5, 0.6) is 0 Å². The van der Waals surface area contributed by atoms with Crippen LogP contribution in [0.15, 0.2) is 71.7 Å². The Kier molecular flexibility index (Phi) is 4.08. The molecule has 0 spiro atoms. The minimum Gasteiger partial charge on any atom is -0.302 e. The summed E-state index contributed by atoms with van der Waals surface area (Å²) < 4.78 is 0. The number of amidine groups is 1. The van der Waals surface area contributed by atoms with Crippen molar-refractivity contribution in [2.45, 2.75) is 20.0 Å². The number of nitro benzene ring substituents is 1. The van der Waals surface area contributed by atoms with Crippen LogP contribution in [-0.4, -0.2) is 26.8 Å². The SMILES string of the molecule is CC1=CN2C(c3cccc([N+](=O)[O-])c3)=NON(c3ccc(C)cn3)[C@H]2C=C1. The highest BCUT2D eigenvalue weighted by atomic mass is 16.8. The maximum absolute atomic E-state index is 11.1. The summed E-state index contributed by atoms with van der Waals surface area (Å²) in [7, 11) is 0. The van der Waals surface area contributed by atoms with Crippen LogP contribution < -0.4 is 5.06 Å². The predicted octanol–water partition coefficient (Wildman–Crippen LogP) is 3.51. The number of nitrogens with zero attached hydrogens (tertiary/aromatic N) is 5. The zero-order valence-electron chi connectivity index (χ0n) is 14.8. The molecule has 8 nitrogen and oxygen atoms in total. The number of non-ortho nitro benzene ring substituents is 1. The summed E-state index contributed by atoms with van der Waals surface area (Å²) in [6.07, 6.45) is 7.35. The van der Waals surface area contributed by atoms with Gasteiger partial charge in [0.05, 0.1) is 4.92 Å². The number of oxime groups is 1. The van der Waals surface area contributed by atoms with E-state index in [-0.39, 0.29) is 11.9 Å². The Morgan fingerprint density at radius 1 is 1.22 bits per heavy atom. The highest BCUT2D eigenvalue weighted by molar-refractivity contribution is 6.00. The van der Waals surface area contributed by atoms with Crippen molar-refractivity contribution in [3.05, 3.63) is 87.8 Å². The molecule has 0 N–H and O–H groups in total. The number of anilines is 1. The molecular weight excluding hydrogens is 346 g/mol. The number of allylic oxidation sites excluding steroid dienone is 2. The van der Waals surface area contributed by atoms with Crippen LogP contribution in [-0.2, 0) is 4.94 Å². The van der Waals surface area contributed by atoms with Crippen molar-refractivity contribution >= 4 is 17.3 Å². The molecule has 1 aromatic carbocycles. The summed E-state index contributed by atoms with van der Waals surface area (Å²) in [4.78, 5) is 22.7. The lowest BCUT2D eigenvalue weighted by molar-refractivity contribution is -0.384. The van der Waals surface area contributed by atoms with Gasteiger partial charge in [-0.3, -0.25) is 15.1 Å². The van der Waals surface area contributed by atoms with Gasteiger partial charge >= 0.3 is 0 Å². The van der Waals surface area contributed by atoms with Crippen molar-refractivity contribution in [3.8, 4) is 0 Å². The van der Waals surface area contributed by atoms with E-state index in [1.165, 1.54) is 12.1 Å². The maximum Gasteiger partial charge on any atom is 0.270 e. The maximum atomic E-state index is 11.1. The second kappa shape index (κ2) is 6.56. The number of aromatic nitrogens is 1. The van der Waals surface area contributed by atoms with E-state index < -0.39 is 4.92 Å². The molecule has 2 aromatic rings. The minimum absolute atomic E-state index is 0.00244. The summed E-state index contributed by atoms with van der Waals surface area (Å²) in [5.41, 5.74) is 2.68. The van der Waals surface area contributed by atoms with Crippen LogP contribution in [0.1, 0.15) is 18.1 Å². The summed E-state index contributed by atoms with van der Waals surface area (Å²) in [6, 6.07) is 10.2. The van der Waals surface area contributed by atoms with E-state index in [4.69, 9.17) is 4.94 Å². The van der Waals surface area contributed by atoms with Gasteiger partial charge < -0.3 is 4.90 Å². The van der Waals surface area contributed by atoms with Gasteiger partial charge in [0.25, 0.3) is 5.69 Å². The first-order valence-corrected chi connectivity index (χ1v) is 8.40. The molecule has 0 aliphatic carbocycles. The normalized spacial score (nSPS) is 18.4. The zero-order valence-corrected chi connectivity index (χ0v) is 14.8. The standard InChI is InChI=1S/C19H17N5O3/c1-13-6-8-17(20-11-13)23-18-9-7-14(2)12-22(18)19(21-27-23)15-4-3-5-16(10-15)24(25)26/h3-12,18H,1-2H3/t18-/m0/s1.